The van der Waals surface area contributed by atoms with Gasteiger partial charge in [-0.3, -0.25) is 0 Å². The van der Waals surface area contributed by atoms with Crippen molar-refractivity contribution in [2.75, 3.05) is 11.9 Å². The summed E-state index contributed by atoms with van der Waals surface area (Å²) < 4.78 is 0. The lowest BCUT2D eigenvalue weighted by atomic mass is 10.3. The first-order valence-electron chi connectivity index (χ1n) is 4.57. The quantitative estimate of drug-likeness (QED) is 0.810. The van der Waals surface area contributed by atoms with E-state index in [0.29, 0.717) is 12.5 Å². The van der Waals surface area contributed by atoms with E-state index in [0.717, 1.165) is 17.2 Å². The average Bonchev–Trinajstić information content (AvgIpc) is 2.68. The first kappa shape index (κ1) is 10.0. The molecule has 5 nitrogen and oxygen atoms in total. The number of nitrogens with zero attached hydrogens (tertiary/aromatic N) is 3. The minimum Gasteiger partial charge on any atom is -0.330 e. The normalized spacial score (nSPS) is 10.2. The molecule has 0 fully saturated rings. The summed E-state index contributed by atoms with van der Waals surface area (Å²) in [4.78, 5) is 12.4. The van der Waals surface area contributed by atoms with Crippen molar-refractivity contribution < 1.29 is 0 Å². The Labute approximate surface area is 91.4 Å². The van der Waals surface area contributed by atoms with Crippen LogP contribution in [0.3, 0.4) is 0 Å². The van der Waals surface area contributed by atoms with Crippen LogP contribution in [0, 0.1) is 0 Å². The van der Waals surface area contributed by atoms with Gasteiger partial charge in [0, 0.05) is 24.2 Å². The Morgan fingerprint density at radius 2 is 2.13 bits per heavy atom. The zero-order valence-corrected chi connectivity index (χ0v) is 8.87. The van der Waals surface area contributed by atoms with Crippen LogP contribution in [-0.2, 0) is 6.42 Å². The third kappa shape index (κ3) is 2.71. The van der Waals surface area contributed by atoms with Gasteiger partial charge in [0.25, 0.3) is 0 Å². The van der Waals surface area contributed by atoms with E-state index in [9.17, 15) is 0 Å². The monoisotopic (exact) mass is 221 g/mol. The number of aromatic nitrogens is 3. The minimum atomic E-state index is 0.561. The highest BCUT2D eigenvalue weighted by atomic mass is 32.1. The highest BCUT2D eigenvalue weighted by Gasteiger charge is 2.02. The second-order valence-electron chi connectivity index (χ2n) is 2.88. The lowest BCUT2D eigenvalue weighted by Crippen LogP contribution is -2.03. The van der Waals surface area contributed by atoms with Crippen LogP contribution in [0.1, 0.15) is 5.69 Å². The fraction of sp³-hybridized carbons (Fsp3) is 0.222. The van der Waals surface area contributed by atoms with Crippen LogP contribution in [0.2, 0.25) is 0 Å². The van der Waals surface area contributed by atoms with E-state index in [4.69, 9.17) is 5.73 Å². The first-order chi connectivity index (χ1) is 7.38. The molecule has 0 aromatic carbocycles. The van der Waals surface area contributed by atoms with Crippen LogP contribution in [0.15, 0.2) is 23.8 Å². The predicted molar refractivity (Wildman–Crippen MR) is 60.2 cm³/mol. The fourth-order valence-corrected chi connectivity index (χ4v) is 1.82. The molecule has 2 heterocycles. The van der Waals surface area contributed by atoms with Crippen molar-refractivity contribution in [2.45, 2.75) is 6.42 Å². The Morgan fingerprint density at radius 1 is 1.33 bits per heavy atom. The van der Waals surface area contributed by atoms with Crippen LogP contribution in [0.5, 0.6) is 0 Å². The standard InChI is InChI=1S/C9H11N5S/c10-3-2-7-6-15-9(13-7)14-8-11-4-1-5-12-8/h1,4-6H,2-3,10H2,(H,11,12,13,14). The smallest absolute Gasteiger partial charge is 0.228 e. The summed E-state index contributed by atoms with van der Waals surface area (Å²) in [5.41, 5.74) is 6.44. The molecular weight excluding hydrogens is 210 g/mol. The molecule has 2 rings (SSSR count). The summed E-state index contributed by atoms with van der Waals surface area (Å²) >= 11 is 1.53. The highest BCUT2D eigenvalue weighted by Crippen LogP contribution is 2.18. The van der Waals surface area contributed by atoms with E-state index < -0.39 is 0 Å². The topological polar surface area (TPSA) is 76.7 Å². The van der Waals surface area contributed by atoms with E-state index in [1.807, 2.05) is 5.38 Å². The maximum absolute atomic E-state index is 5.44. The van der Waals surface area contributed by atoms with Crippen LogP contribution in [0.25, 0.3) is 0 Å². The Morgan fingerprint density at radius 3 is 2.87 bits per heavy atom. The van der Waals surface area contributed by atoms with Gasteiger partial charge in [-0.2, -0.15) is 0 Å². The van der Waals surface area contributed by atoms with Gasteiger partial charge >= 0.3 is 0 Å². The molecule has 78 valence electrons. The van der Waals surface area contributed by atoms with Gasteiger partial charge in [0.1, 0.15) is 0 Å². The zero-order valence-electron chi connectivity index (χ0n) is 8.05. The Bertz CT molecular complexity index is 413. The third-order valence-electron chi connectivity index (χ3n) is 1.74. The number of hydrogen-bond donors (Lipinski definition) is 2. The summed E-state index contributed by atoms with van der Waals surface area (Å²) in [6, 6.07) is 1.77. The molecule has 0 bridgehead atoms. The summed E-state index contributed by atoms with van der Waals surface area (Å²) in [7, 11) is 0. The van der Waals surface area contributed by atoms with Crippen molar-refractivity contribution in [3.05, 3.63) is 29.5 Å². The first-order valence-corrected chi connectivity index (χ1v) is 5.45. The molecule has 15 heavy (non-hydrogen) atoms. The third-order valence-corrected chi connectivity index (χ3v) is 2.54. The number of nitrogens with one attached hydrogen (secondary N) is 1. The summed E-state index contributed by atoms with van der Waals surface area (Å²) in [6.07, 6.45) is 4.17. The molecule has 0 saturated heterocycles. The predicted octanol–water partition coefficient (Wildman–Crippen LogP) is 1.18. The molecule has 0 aliphatic rings. The molecule has 0 saturated carbocycles. The largest absolute Gasteiger partial charge is 0.330 e. The van der Waals surface area contributed by atoms with Gasteiger partial charge in [-0.05, 0) is 12.6 Å². The second kappa shape index (κ2) is 4.81. The van der Waals surface area contributed by atoms with Crippen molar-refractivity contribution >= 4 is 22.4 Å². The maximum Gasteiger partial charge on any atom is 0.228 e. The molecular formula is C9H11N5S. The van der Waals surface area contributed by atoms with Crippen molar-refractivity contribution in [1.29, 1.82) is 0 Å². The van der Waals surface area contributed by atoms with Crippen molar-refractivity contribution in [1.82, 2.24) is 15.0 Å². The number of rotatable bonds is 4. The van der Waals surface area contributed by atoms with E-state index in [1.54, 1.807) is 18.5 Å². The Hall–Kier alpha value is -1.53. The number of nitrogens with two attached hydrogens (primary N) is 1. The van der Waals surface area contributed by atoms with Crippen molar-refractivity contribution in [2.24, 2.45) is 5.73 Å². The fourth-order valence-electron chi connectivity index (χ4n) is 1.09. The van der Waals surface area contributed by atoms with Gasteiger partial charge in [0.15, 0.2) is 5.13 Å². The molecule has 0 amide bonds. The summed E-state index contributed by atoms with van der Waals surface area (Å²) in [5.74, 6) is 0.561. The molecule has 0 aliphatic heterocycles. The number of thiazole rings is 1. The molecule has 0 spiro atoms. The molecule has 2 aromatic rings. The van der Waals surface area contributed by atoms with Gasteiger partial charge in [-0.1, -0.05) is 0 Å². The number of hydrogen-bond acceptors (Lipinski definition) is 6. The van der Waals surface area contributed by atoms with E-state index in [2.05, 4.69) is 20.3 Å². The van der Waals surface area contributed by atoms with E-state index >= 15 is 0 Å². The van der Waals surface area contributed by atoms with Crippen molar-refractivity contribution in [3.63, 3.8) is 0 Å². The molecule has 0 aliphatic carbocycles. The average molecular weight is 221 g/mol. The molecule has 0 atom stereocenters. The maximum atomic E-state index is 5.44. The van der Waals surface area contributed by atoms with Gasteiger partial charge in [0.2, 0.25) is 5.95 Å². The second-order valence-corrected chi connectivity index (χ2v) is 3.74. The number of anilines is 2. The Kier molecular flexibility index (Phi) is 3.21. The van der Waals surface area contributed by atoms with Crippen LogP contribution < -0.4 is 11.1 Å². The summed E-state index contributed by atoms with van der Waals surface area (Å²) in [6.45, 7) is 0.616. The lowest BCUT2D eigenvalue weighted by Gasteiger charge is -1.97. The lowest BCUT2D eigenvalue weighted by molar-refractivity contribution is 0.936. The molecule has 3 N–H and O–H groups in total. The van der Waals surface area contributed by atoms with Gasteiger partial charge in [-0.15, -0.1) is 11.3 Å². The van der Waals surface area contributed by atoms with Crippen molar-refractivity contribution in [3.8, 4) is 0 Å². The molecule has 0 radical (unpaired) electrons. The SMILES string of the molecule is NCCc1csc(Nc2ncccn2)n1. The Balaban J connectivity index is 2.05. The van der Waals surface area contributed by atoms with E-state index in [-0.39, 0.29) is 0 Å². The van der Waals surface area contributed by atoms with Gasteiger partial charge in [-0.25, -0.2) is 15.0 Å². The van der Waals surface area contributed by atoms with Crippen LogP contribution >= 0.6 is 11.3 Å². The van der Waals surface area contributed by atoms with Crippen LogP contribution in [-0.4, -0.2) is 21.5 Å². The van der Waals surface area contributed by atoms with E-state index in [1.165, 1.54) is 11.3 Å². The molecule has 6 heteroatoms. The highest BCUT2D eigenvalue weighted by molar-refractivity contribution is 7.13. The molecule has 2 aromatic heterocycles. The van der Waals surface area contributed by atoms with Gasteiger partial charge in [0.05, 0.1) is 5.69 Å². The van der Waals surface area contributed by atoms with Gasteiger partial charge < -0.3 is 11.1 Å². The molecule has 0 unspecified atom stereocenters. The minimum absolute atomic E-state index is 0.561. The summed E-state index contributed by atoms with van der Waals surface area (Å²) in [5, 5.41) is 5.81. The zero-order chi connectivity index (χ0) is 10.5. The van der Waals surface area contributed by atoms with Crippen LogP contribution in [0.4, 0.5) is 11.1 Å².